The summed E-state index contributed by atoms with van der Waals surface area (Å²) in [6, 6.07) is 10.1. The Morgan fingerprint density at radius 1 is 1.17 bits per heavy atom. The Balaban J connectivity index is 2.24. The van der Waals surface area contributed by atoms with E-state index in [0.29, 0.717) is 0 Å². The van der Waals surface area contributed by atoms with Crippen molar-refractivity contribution in [3.05, 3.63) is 54.6 Å². The number of hydrogen-bond donors (Lipinski definition) is 1. The summed E-state index contributed by atoms with van der Waals surface area (Å²) < 4.78 is 2.11. The highest BCUT2D eigenvalue weighted by Crippen LogP contribution is 2.21. The van der Waals surface area contributed by atoms with E-state index in [1.165, 1.54) is 0 Å². The predicted octanol–water partition coefficient (Wildman–Crippen LogP) is 2.12. The monoisotopic (exact) mass is 238 g/mol. The molecule has 3 rings (SSSR count). The molecule has 4 nitrogen and oxygen atoms in total. The van der Waals surface area contributed by atoms with Gasteiger partial charge in [0.15, 0.2) is 0 Å². The second kappa shape index (κ2) is 4.58. The number of aromatic nitrogens is 3. The first kappa shape index (κ1) is 10.9. The van der Waals surface area contributed by atoms with Crippen LogP contribution in [-0.4, -0.2) is 21.4 Å². The first-order valence-electron chi connectivity index (χ1n) is 5.91. The summed E-state index contributed by atoms with van der Waals surface area (Å²) in [5.41, 5.74) is 3.28. The highest BCUT2D eigenvalue weighted by atomic mass is 15.0. The topological polar surface area (TPSA) is 42.2 Å². The van der Waals surface area contributed by atoms with Crippen molar-refractivity contribution in [2.24, 2.45) is 0 Å². The lowest BCUT2D eigenvalue weighted by molar-refractivity contribution is 0.803. The SMILES string of the molecule is CNCc1nc(-c2ccncc2)n2ccccc12. The lowest BCUT2D eigenvalue weighted by atomic mass is 10.2. The van der Waals surface area contributed by atoms with Gasteiger partial charge in [-0.2, -0.15) is 0 Å². The zero-order chi connectivity index (χ0) is 12.4. The van der Waals surface area contributed by atoms with Gasteiger partial charge >= 0.3 is 0 Å². The standard InChI is InChI=1S/C14H14N4/c1-15-10-12-13-4-2-3-9-18(13)14(17-12)11-5-7-16-8-6-11/h2-9,15H,10H2,1H3. The van der Waals surface area contributed by atoms with E-state index in [0.717, 1.165) is 29.1 Å². The fourth-order valence-electron chi connectivity index (χ4n) is 2.10. The molecule has 0 spiro atoms. The number of fused-ring (bicyclic) bond motifs is 1. The Bertz CT molecular complexity index is 658. The maximum Gasteiger partial charge on any atom is 0.144 e. The number of nitrogens with one attached hydrogen (secondary N) is 1. The third kappa shape index (κ3) is 1.76. The van der Waals surface area contributed by atoms with Crippen LogP contribution in [0.5, 0.6) is 0 Å². The molecular weight excluding hydrogens is 224 g/mol. The summed E-state index contributed by atoms with van der Waals surface area (Å²) in [5, 5.41) is 3.15. The summed E-state index contributed by atoms with van der Waals surface area (Å²) in [5.74, 6) is 0.957. The van der Waals surface area contributed by atoms with E-state index < -0.39 is 0 Å². The second-order valence-corrected chi connectivity index (χ2v) is 4.10. The van der Waals surface area contributed by atoms with Crippen LogP contribution in [0.2, 0.25) is 0 Å². The molecule has 0 aliphatic carbocycles. The second-order valence-electron chi connectivity index (χ2n) is 4.10. The summed E-state index contributed by atoms with van der Waals surface area (Å²) in [6.07, 6.45) is 5.62. The summed E-state index contributed by atoms with van der Waals surface area (Å²) in [6.45, 7) is 0.762. The van der Waals surface area contributed by atoms with Gasteiger partial charge in [-0.15, -0.1) is 0 Å². The van der Waals surface area contributed by atoms with Gasteiger partial charge in [-0.25, -0.2) is 4.98 Å². The Hall–Kier alpha value is -2.20. The minimum absolute atomic E-state index is 0.762. The van der Waals surface area contributed by atoms with Crippen LogP contribution in [0, 0.1) is 0 Å². The summed E-state index contributed by atoms with van der Waals surface area (Å²) in [4.78, 5) is 8.77. The molecule has 0 aliphatic rings. The number of nitrogens with zero attached hydrogens (tertiary/aromatic N) is 3. The first-order chi connectivity index (χ1) is 8.90. The van der Waals surface area contributed by atoms with E-state index in [1.807, 2.05) is 37.5 Å². The molecule has 0 amide bonds. The molecule has 3 heterocycles. The highest BCUT2D eigenvalue weighted by molar-refractivity contribution is 5.65. The largest absolute Gasteiger partial charge is 0.314 e. The van der Waals surface area contributed by atoms with Crippen molar-refractivity contribution in [2.45, 2.75) is 6.54 Å². The van der Waals surface area contributed by atoms with Gasteiger partial charge in [-0.05, 0) is 31.3 Å². The summed E-state index contributed by atoms with van der Waals surface area (Å²) >= 11 is 0. The van der Waals surface area contributed by atoms with Crippen molar-refractivity contribution in [3.8, 4) is 11.4 Å². The number of rotatable bonds is 3. The molecule has 3 aromatic rings. The molecule has 0 aliphatic heterocycles. The van der Waals surface area contributed by atoms with Crippen molar-refractivity contribution in [1.82, 2.24) is 19.7 Å². The third-order valence-corrected chi connectivity index (χ3v) is 2.91. The van der Waals surface area contributed by atoms with Gasteiger partial charge in [-0.3, -0.25) is 9.38 Å². The van der Waals surface area contributed by atoms with Crippen LogP contribution < -0.4 is 5.32 Å². The normalized spacial score (nSPS) is 10.9. The van der Waals surface area contributed by atoms with Crippen molar-refractivity contribution < 1.29 is 0 Å². The maximum atomic E-state index is 4.72. The smallest absolute Gasteiger partial charge is 0.144 e. The molecule has 90 valence electrons. The molecule has 0 saturated heterocycles. The molecule has 18 heavy (non-hydrogen) atoms. The summed E-state index contributed by atoms with van der Waals surface area (Å²) in [7, 11) is 1.93. The lowest BCUT2D eigenvalue weighted by Crippen LogP contribution is -2.05. The molecular formula is C14H14N4. The lowest BCUT2D eigenvalue weighted by Gasteiger charge is -1.99. The molecule has 0 radical (unpaired) electrons. The zero-order valence-electron chi connectivity index (χ0n) is 10.2. The van der Waals surface area contributed by atoms with Crippen molar-refractivity contribution >= 4 is 5.52 Å². The van der Waals surface area contributed by atoms with E-state index in [1.54, 1.807) is 12.4 Å². The van der Waals surface area contributed by atoms with Gasteiger partial charge in [0.25, 0.3) is 0 Å². The molecule has 0 unspecified atom stereocenters. The van der Waals surface area contributed by atoms with Crippen LogP contribution in [0.15, 0.2) is 48.9 Å². The molecule has 1 N–H and O–H groups in total. The van der Waals surface area contributed by atoms with Gasteiger partial charge in [0.05, 0.1) is 11.2 Å². The Morgan fingerprint density at radius 3 is 2.78 bits per heavy atom. The van der Waals surface area contributed by atoms with Crippen LogP contribution >= 0.6 is 0 Å². The first-order valence-corrected chi connectivity index (χ1v) is 5.91. The van der Waals surface area contributed by atoms with Gasteiger partial charge < -0.3 is 5.32 Å². The Labute approximate surface area is 105 Å². The predicted molar refractivity (Wildman–Crippen MR) is 71.2 cm³/mol. The van der Waals surface area contributed by atoms with Crippen LogP contribution in [0.25, 0.3) is 16.9 Å². The average Bonchev–Trinajstić information content (AvgIpc) is 2.80. The van der Waals surface area contributed by atoms with E-state index >= 15 is 0 Å². The minimum atomic E-state index is 0.762. The number of pyridine rings is 2. The quantitative estimate of drug-likeness (QED) is 0.760. The molecule has 3 aromatic heterocycles. The number of hydrogen-bond acceptors (Lipinski definition) is 3. The van der Waals surface area contributed by atoms with E-state index in [9.17, 15) is 0 Å². The zero-order valence-corrected chi connectivity index (χ0v) is 10.2. The Morgan fingerprint density at radius 2 is 2.00 bits per heavy atom. The highest BCUT2D eigenvalue weighted by Gasteiger charge is 2.10. The van der Waals surface area contributed by atoms with Crippen LogP contribution in [0.4, 0.5) is 0 Å². The maximum absolute atomic E-state index is 4.72. The molecule has 0 aromatic carbocycles. The molecule has 4 heteroatoms. The fraction of sp³-hybridized carbons (Fsp3) is 0.143. The minimum Gasteiger partial charge on any atom is -0.314 e. The third-order valence-electron chi connectivity index (χ3n) is 2.91. The Kier molecular flexibility index (Phi) is 2.78. The van der Waals surface area contributed by atoms with Crippen LogP contribution in [0.3, 0.4) is 0 Å². The van der Waals surface area contributed by atoms with Crippen molar-refractivity contribution in [3.63, 3.8) is 0 Å². The molecule has 0 fully saturated rings. The van der Waals surface area contributed by atoms with Crippen LogP contribution in [-0.2, 0) is 6.54 Å². The van der Waals surface area contributed by atoms with Gasteiger partial charge in [0.1, 0.15) is 5.82 Å². The molecule has 0 bridgehead atoms. The molecule has 0 atom stereocenters. The van der Waals surface area contributed by atoms with Gasteiger partial charge in [0.2, 0.25) is 0 Å². The number of imidazole rings is 1. The van der Waals surface area contributed by atoms with E-state index in [-0.39, 0.29) is 0 Å². The molecule has 0 saturated carbocycles. The van der Waals surface area contributed by atoms with E-state index in [2.05, 4.69) is 20.8 Å². The van der Waals surface area contributed by atoms with Crippen molar-refractivity contribution in [2.75, 3.05) is 7.05 Å². The van der Waals surface area contributed by atoms with E-state index in [4.69, 9.17) is 4.98 Å². The fourth-order valence-corrected chi connectivity index (χ4v) is 2.10. The van der Waals surface area contributed by atoms with Gasteiger partial charge in [-0.1, -0.05) is 6.07 Å². The average molecular weight is 238 g/mol. The van der Waals surface area contributed by atoms with Crippen molar-refractivity contribution in [1.29, 1.82) is 0 Å². The van der Waals surface area contributed by atoms with Gasteiger partial charge in [0, 0.05) is 30.7 Å². The van der Waals surface area contributed by atoms with Crippen LogP contribution in [0.1, 0.15) is 5.69 Å².